The molecule has 7 heteroatoms. The molecule has 0 unspecified atom stereocenters. The smallest absolute Gasteiger partial charge is 0.306 e. The molecule has 1 atom stereocenters. The van der Waals surface area contributed by atoms with Crippen molar-refractivity contribution in [1.29, 1.82) is 0 Å². The van der Waals surface area contributed by atoms with E-state index in [4.69, 9.17) is 4.74 Å². The number of esters is 1. The number of carbonyl (C=O) groups excluding carboxylic acids is 3. The number of rotatable bonds is 7. The summed E-state index contributed by atoms with van der Waals surface area (Å²) in [5.41, 5.74) is 2.27. The van der Waals surface area contributed by atoms with Crippen LogP contribution in [-0.2, 0) is 14.3 Å². The molecule has 0 bridgehead atoms. The van der Waals surface area contributed by atoms with Crippen LogP contribution in [0.25, 0.3) is 0 Å². The molecule has 180 valence electrons. The van der Waals surface area contributed by atoms with E-state index < -0.39 is 0 Å². The van der Waals surface area contributed by atoms with Crippen molar-refractivity contribution in [2.24, 2.45) is 5.92 Å². The lowest BCUT2D eigenvalue weighted by molar-refractivity contribution is -0.144. The van der Waals surface area contributed by atoms with Gasteiger partial charge < -0.3 is 14.5 Å². The minimum absolute atomic E-state index is 0.0457. The Balaban J connectivity index is 1.43. The Bertz CT molecular complexity index is 1030. The minimum Gasteiger partial charge on any atom is -0.466 e. The predicted molar refractivity (Wildman–Crippen MR) is 127 cm³/mol. The summed E-state index contributed by atoms with van der Waals surface area (Å²) in [6.45, 7) is 3.95. The molecule has 0 aromatic heterocycles. The number of nitrogens with zero attached hydrogens (tertiary/aromatic N) is 2. The van der Waals surface area contributed by atoms with Crippen molar-refractivity contribution in [3.05, 3.63) is 65.5 Å². The summed E-state index contributed by atoms with van der Waals surface area (Å²) in [7, 11) is 0. The molecule has 4 rings (SSSR count). The molecule has 2 aromatic rings. The number of ether oxygens (including phenoxy) is 1. The van der Waals surface area contributed by atoms with Crippen molar-refractivity contribution < 1.29 is 23.5 Å². The number of amides is 2. The van der Waals surface area contributed by atoms with Crippen LogP contribution in [0.5, 0.6) is 0 Å². The van der Waals surface area contributed by atoms with Gasteiger partial charge in [-0.25, -0.2) is 4.39 Å². The molecule has 2 heterocycles. The molecule has 34 heavy (non-hydrogen) atoms. The van der Waals surface area contributed by atoms with Crippen molar-refractivity contribution in [3.8, 4) is 0 Å². The first kappa shape index (κ1) is 23.9. The van der Waals surface area contributed by atoms with Crippen LogP contribution in [0.4, 0.5) is 10.1 Å². The second kappa shape index (κ2) is 10.8. The van der Waals surface area contributed by atoms with Crippen molar-refractivity contribution in [2.75, 3.05) is 31.1 Å². The first-order valence-electron chi connectivity index (χ1n) is 12.1. The molecule has 2 aliphatic rings. The lowest BCUT2D eigenvalue weighted by Gasteiger charge is -2.36. The molecule has 6 nitrogen and oxygen atoms in total. The second-order valence-electron chi connectivity index (χ2n) is 9.00. The molecule has 2 aliphatic heterocycles. The van der Waals surface area contributed by atoms with Gasteiger partial charge in [0.05, 0.1) is 13.0 Å². The average molecular weight is 467 g/mol. The number of carbonyl (C=O) groups is 3. The highest BCUT2D eigenvalue weighted by Crippen LogP contribution is 2.36. The van der Waals surface area contributed by atoms with E-state index in [9.17, 15) is 18.8 Å². The first-order chi connectivity index (χ1) is 16.5. The van der Waals surface area contributed by atoms with Crippen LogP contribution in [0.1, 0.15) is 60.9 Å². The van der Waals surface area contributed by atoms with Crippen LogP contribution in [-0.4, -0.2) is 48.9 Å². The van der Waals surface area contributed by atoms with Gasteiger partial charge >= 0.3 is 5.97 Å². The summed E-state index contributed by atoms with van der Waals surface area (Å²) in [6, 6.07) is 13.6. The maximum Gasteiger partial charge on any atom is 0.306 e. The van der Waals surface area contributed by atoms with Gasteiger partial charge in [-0.2, -0.15) is 0 Å². The Morgan fingerprint density at radius 3 is 2.47 bits per heavy atom. The van der Waals surface area contributed by atoms with Crippen molar-refractivity contribution >= 4 is 23.5 Å². The molecule has 0 aliphatic carbocycles. The van der Waals surface area contributed by atoms with E-state index in [1.165, 1.54) is 12.1 Å². The maximum absolute atomic E-state index is 13.5. The third kappa shape index (κ3) is 5.46. The summed E-state index contributed by atoms with van der Waals surface area (Å²) >= 11 is 0. The van der Waals surface area contributed by atoms with E-state index in [0.717, 1.165) is 30.5 Å². The van der Waals surface area contributed by atoms with E-state index in [0.29, 0.717) is 38.2 Å². The Labute approximate surface area is 199 Å². The largest absolute Gasteiger partial charge is 0.466 e. The molecule has 0 N–H and O–H groups in total. The molecule has 0 spiro atoms. The van der Waals surface area contributed by atoms with Crippen LogP contribution in [0.3, 0.4) is 0 Å². The van der Waals surface area contributed by atoms with Crippen LogP contribution < -0.4 is 4.90 Å². The van der Waals surface area contributed by atoms with Gasteiger partial charge in [0, 0.05) is 37.3 Å². The van der Waals surface area contributed by atoms with Gasteiger partial charge in [-0.15, -0.1) is 0 Å². The lowest BCUT2D eigenvalue weighted by Crippen LogP contribution is -2.40. The number of benzene rings is 2. The number of hydrogen-bond acceptors (Lipinski definition) is 4. The molecular formula is C27H31FN2O4. The molecule has 2 fully saturated rings. The topological polar surface area (TPSA) is 66.9 Å². The van der Waals surface area contributed by atoms with Gasteiger partial charge in [0.2, 0.25) is 5.91 Å². The normalized spacial score (nSPS) is 17.6. The highest BCUT2D eigenvalue weighted by molar-refractivity contribution is 5.99. The summed E-state index contributed by atoms with van der Waals surface area (Å²) in [4.78, 5) is 41.1. The number of piperidine rings is 1. The van der Waals surface area contributed by atoms with Gasteiger partial charge in [-0.05, 0) is 73.9 Å². The molecule has 2 aromatic carbocycles. The molecule has 2 saturated heterocycles. The molecule has 2 amide bonds. The lowest BCUT2D eigenvalue weighted by atomic mass is 9.78. The quantitative estimate of drug-likeness (QED) is 0.562. The van der Waals surface area contributed by atoms with Crippen LogP contribution in [0.2, 0.25) is 0 Å². The fourth-order valence-electron chi connectivity index (χ4n) is 5.08. The molecule has 0 radical (unpaired) electrons. The van der Waals surface area contributed by atoms with Crippen LogP contribution in [0, 0.1) is 11.7 Å². The Hall–Kier alpha value is -3.22. The minimum atomic E-state index is -0.308. The highest BCUT2D eigenvalue weighted by Gasteiger charge is 2.32. The Morgan fingerprint density at radius 1 is 1.09 bits per heavy atom. The van der Waals surface area contributed by atoms with E-state index in [2.05, 4.69) is 0 Å². The Morgan fingerprint density at radius 2 is 1.82 bits per heavy atom. The van der Waals surface area contributed by atoms with Crippen molar-refractivity contribution in [3.63, 3.8) is 0 Å². The van der Waals surface area contributed by atoms with Gasteiger partial charge in [0.25, 0.3) is 5.91 Å². The maximum atomic E-state index is 13.5. The van der Waals surface area contributed by atoms with Gasteiger partial charge in [-0.3, -0.25) is 14.4 Å². The molecular weight excluding hydrogens is 435 g/mol. The summed E-state index contributed by atoms with van der Waals surface area (Å²) < 4.78 is 18.6. The average Bonchev–Trinajstić information content (AvgIpc) is 3.29. The van der Waals surface area contributed by atoms with E-state index >= 15 is 0 Å². The monoisotopic (exact) mass is 466 g/mol. The Kier molecular flexibility index (Phi) is 7.60. The van der Waals surface area contributed by atoms with Crippen molar-refractivity contribution in [2.45, 2.75) is 44.9 Å². The zero-order valence-corrected chi connectivity index (χ0v) is 19.5. The fourth-order valence-corrected chi connectivity index (χ4v) is 5.08. The zero-order valence-electron chi connectivity index (χ0n) is 19.5. The summed E-state index contributed by atoms with van der Waals surface area (Å²) in [6.07, 6.45) is 3.12. The van der Waals surface area contributed by atoms with Crippen LogP contribution in [0.15, 0.2) is 48.5 Å². The standard InChI is InChI=1S/C27H31FN2O4/c1-2-34-26(32)18-24(19-8-10-22(28)11-9-19)20-12-15-29(16-13-20)27(33)21-5-3-6-23(17-21)30-14-4-7-25(30)31/h3,5-6,8-11,17,20,24H,2,4,7,12-16,18H2,1H3/t24-/m0/s1. The summed E-state index contributed by atoms with van der Waals surface area (Å²) in [5, 5.41) is 0. The fraction of sp³-hybridized carbons (Fsp3) is 0.444. The second-order valence-corrected chi connectivity index (χ2v) is 9.00. The number of halogens is 1. The van der Waals surface area contributed by atoms with Gasteiger partial charge in [0.1, 0.15) is 5.82 Å². The first-order valence-corrected chi connectivity index (χ1v) is 12.1. The van der Waals surface area contributed by atoms with Crippen molar-refractivity contribution in [1.82, 2.24) is 4.90 Å². The van der Waals surface area contributed by atoms with Crippen LogP contribution >= 0.6 is 0 Å². The van der Waals surface area contributed by atoms with Gasteiger partial charge in [-0.1, -0.05) is 18.2 Å². The number of likely N-dealkylation sites (tertiary alicyclic amines) is 1. The van der Waals surface area contributed by atoms with E-state index in [1.54, 1.807) is 36.1 Å². The van der Waals surface area contributed by atoms with E-state index in [-0.39, 0.29) is 41.9 Å². The SMILES string of the molecule is CCOC(=O)C[C@@H](c1ccc(F)cc1)C1CCN(C(=O)c2cccc(N3CCCC3=O)c2)CC1. The zero-order chi connectivity index (χ0) is 24.1. The van der Waals surface area contributed by atoms with E-state index in [1.807, 2.05) is 17.0 Å². The molecule has 0 saturated carbocycles. The highest BCUT2D eigenvalue weighted by atomic mass is 19.1. The third-order valence-electron chi connectivity index (χ3n) is 6.86. The predicted octanol–water partition coefficient (Wildman–Crippen LogP) is 4.54. The van der Waals surface area contributed by atoms with Gasteiger partial charge in [0.15, 0.2) is 0 Å². The third-order valence-corrected chi connectivity index (χ3v) is 6.86. The number of anilines is 1. The summed E-state index contributed by atoms with van der Waals surface area (Å²) in [5.74, 6) is -0.413. The number of hydrogen-bond donors (Lipinski definition) is 0.